The van der Waals surface area contributed by atoms with Crippen molar-refractivity contribution in [3.8, 4) is 5.75 Å². The lowest BCUT2D eigenvalue weighted by Crippen LogP contribution is -2.37. The van der Waals surface area contributed by atoms with Crippen molar-refractivity contribution >= 4 is 36.4 Å². The molecule has 2 aromatic rings. The molecule has 0 unspecified atom stereocenters. The fourth-order valence-electron chi connectivity index (χ4n) is 3.38. The van der Waals surface area contributed by atoms with Crippen molar-refractivity contribution in [1.29, 1.82) is 0 Å². The zero-order chi connectivity index (χ0) is 18.7. The monoisotopic (exact) mass is 428 g/mol. The lowest BCUT2D eigenvalue weighted by atomic mass is 10.0. The van der Waals surface area contributed by atoms with E-state index in [1.54, 1.807) is 36.9 Å². The number of nitrogens with zero attached hydrogens (tertiary/aromatic N) is 2. The highest BCUT2D eigenvalue weighted by Crippen LogP contribution is 2.26. The zero-order valence-corrected chi connectivity index (χ0v) is 17.8. The third kappa shape index (κ3) is 4.84. The first-order valence-electron chi connectivity index (χ1n) is 8.76. The van der Waals surface area contributed by atoms with Gasteiger partial charge < -0.3 is 19.9 Å². The number of aryl methyl sites for hydroxylation is 2. The first-order chi connectivity index (χ1) is 12.5. The Kier molecular flexibility index (Phi) is 8.94. The van der Waals surface area contributed by atoms with E-state index in [-0.39, 0.29) is 42.0 Å². The van der Waals surface area contributed by atoms with Gasteiger partial charge in [0.25, 0.3) is 11.5 Å². The van der Waals surface area contributed by atoms with Gasteiger partial charge in [0, 0.05) is 18.4 Å². The Hall–Kier alpha value is -2.09. The molecule has 1 aliphatic rings. The number of pyridine rings is 2. The van der Waals surface area contributed by atoms with Crippen LogP contribution in [0.5, 0.6) is 5.75 Å². The molecule has 1 amide bonds. The molecule has 2 aromatic heterocycles. The summed E-state index contributed by atoms with van der Waals surface area (Å²) in [5.41, 5.74) is 1.74. The number of halogens is 2. The van der Waals surface area contributed by atoms with Gasteiger partial charge >= 0.3 is 0 Å². The Morgan fingerprint density at radius 3 is 2.57 bits per heavy atom. The molecule has 1 fully saturated rings. The van der Waals surface area contributed by atoms with Gasteiger partial charge in [0.15, 0.2) is 5.75 Å². The Bertz CT molecular complexity index is 880. The number of carbonyl (C=O) groups excluding carboxylic acids is 1. The smallest absolute Gasteiger partial charge is 0.263 e. The van der Waals surface area contributed by atoms with Crippen molar-refractivity contribution in [2.45, 2.75) is 32.7 Å². The van der Waals surface area contributed by atoms with Crippen LogP contribution in [-0.4, -0.2) is 35.7 Å². The minimum absolute atomic E-state index is 0. The van der Waals surface area contributed by atoms with Crippen LogP contribution in [0.15, 0.2) is 29.3 Å². The van der Waals surface area contributed by atoms with E-state index in [4.69, 9.17) is 4.74 Å². The minimum atomic E-state index is -0.431. The molecular weight excluding hydrogens is 403 g/mol. The number of nitrogens with one attached hydrogen (secondary N) is 2. The van der Waals surface area contributed by atoms with Crippen LogP contribution in [0, 0.1) is 13.8 Å². The first-order valence-corrected chi connectivity index (χ1v) is 8.76. The second kappa shape index (κ2) is 10.5. The largest absolute Gasteiger partial charge is 0.493 e. The Balaban J connectivity index is 0.00000196. The van der Waals surface area contributed by atoms with Gasteiger partial charge in [-0.2, -0.15) is 0 Å². The number of rotatable bonds is 4. The van der Waals surface area contributed by atoms with Gasteiger partial charge in [0.1, 0.15) is 5.56 Å². The van der Waals surface area contributed by atoms with E-state index in [9.17, 15) is 9.59 Å². The van der Waals surface area contributed by atoms with Crippen LogP contribution in [0.4, 0.5) is 5.69 Å². The van der Waals surface area contributed by atoms with Crippen molar-refractivity contribution in [2.24, 2.45) is 0 Å². The summed E-state index contributed by atoms with van der Waals surface area (Å²) in [4.78, 5) is 30.0. The average molecular weight is 429 g/mol. The lowest BCUT2D eigenvalue weighted by molar-refractivity contribution is 0.102. The summed E-state index contributed by atoms with van der Waals surface area (Å²) in [7, 11) is 1.53. The summed E-state index contributed by atoms with van der Waals surface area (Å²) >= 11 is 0. The zero-order valence-electron chi connectivity index (χ0n) is 16.2. The molecule has 1 saturated heterocycles. The molecule has 28 heavy (non-hydrogen) atoms. The number of methoxy groups -OCH3 is 1. The SMILES string of the molecule is COc1c(NC(=O)c2c(C)ccn(C3CCNCC3)c2=O)ccnc1C.Cl.Cl. The van der Waals surface area contributed by atoms with Crippen LogP contribution in [0.3, 0.4) is 0 Å². The quantitative estimate of drug-likeness (QED) is 0.781. The van der Waals surface area contributed by atoms with E-state index in [2.05, 4.69) is 15.6 Å². The molecule has 2 N–H and O–H groups in total. The number of piperidine rings is 1. The highest BCUT2D eigenvalue weighted by Gasteiger charge is 2.22. The second-order valence-electron chi connectivity index (χ2n) is 6.50. The van der Waals surface area contributed by atoms with Crippen molar-refractivity contribution in [1.82, 2.24) is 14.9 Å². The van der Waals surface area contributed by atoms with Crippen LogP contribution in [0.1, 0.15) is 40.5 Å². The molecule has 9 heteroatoms. The van der Waals surface area contributed by atoms with Crippen LogP contribution >= 0.6 is 24.8 Å². The summed E-state index contributed by atoms with van der Waals surface area (Å²) in [5.74, 6) is 0.0628. The van der Waals surface area contributed by atoms with E-state index >= 15 is 0 Å². The fourth-order valence-corrected chi connectivity index (χ4v) is 3.38. The molecule has 3 rings (SSSR count). The lowest BCUT2D eigenvalue weighted by Gasteiger charge is -2.25. The number of hydrogen-bond donors (Lipinski definition) is 2. The molecule has 1 aliphatic heterocycles. The summed E-state index contributed by atoms with van der Waals surface area (Å²) in [6.45, 7) is 5.32. The molecule has 154 valence electrons. The van der Waals surface area contributed by atoms with Crippen LogP contribution in [0.25, 0.3) is 0 Å². The molecule has 0 saturated carbocycles. The maximum absolute atomic E-state index is 13.0. The fraction of sp³-hybridized carbons (Fsp3) is 0.421. The van der Waals surface area contributed by atoms with Gasteiger partial charge in [0.05, 0.1) is 18.5 Å². The second-order valence-corrected chi connectivity index (χ2v) is 6.50. The van der Waals surface area contributed by atoms with E-state index < -0.39 is 5.91 Å². The highest BCUT2D eigenvalue weighted by atomic mass is 35.5. The Labute approximate surface area is 176 Å². The van der Waals surface area contributed by atoms with Crippen LogP contribution in [-0.2, 0) is 0 Å². The third-order valence-electron chi connectivity index (χ3n) is 4.79. The van der Waals surface area contributed by atoms with E-state index in [0.29, 0.717) is 22.7 Å². The number of amides is 1. The van der Waals surface area contributed by atoms with Crippen molar-refractivity contribution < 1.29 is 9.53 Å². The molecule has 0 bridgehead atoms. The summed E-state index contributed by atoms with van der Waals surface area (Å²) in [6, 6.07) is 3.61. The predicted molar refractivity (Wildman–Crippen MR) is 115 cm³/mol. The molecule has 0 spiro atoms. The topological polar surface area (TPSA) is 85.2 Å². The predicted octanol–water partition coefficient (Wildman–Crippen LogP) is 2.89. The number of aromatic nitrogens is 2. The van der Waals surface area contributed by atoms with Crippen LogP contribution < -0.4 is 20.9 Å². The number of carbonyl (C=O) groups is 1. The highest BCUT2D eigenvalue weighted by molar-refractivity contribution is 6.05. The van der Waals surface area contributed by atoms with Gasteiger partial charge in [-0.05, 0) is 57.5 Å². The van der Waals surface area contributed by atoms with Crippen molar-refractivity contribution in [3.63, 3.8) is 0 Å². The maximum atomic E-state index is 13.0. The van der Waals surface area contributed by atoms with Gasteiger partial charge in [-0.25, -0.2) is 0 Å². The average Bonchev–Trinajstić information content (AvgIpc) is 2.63. The third-order valence-corrected chi connectivity index (χ3v) is 4.79. The number of hydrogen-bond acceptors (Lipinski definition) is 5. The van der Waals surface area contributed by atoms with Gasteiger partial charge in [-0.15, -0.1) is 24.8 Å². The summed E-state index contributed by atoms with van der Waals surface area (Å²) in [6.07, 6.45) is 5.14. The minimum Gasteiger partial charge on any atom is -0.493 e. The van der Waals surface area contributed by atoms with Gasteiger partial charge in [0.2, 0.25) is 0 Å². The standard InChI is InChI=1S/C19H24N4O3.2ClH/c1-12-7-11-23(14-4-8-20-9-5-14)19(25)16(12)18(24)22-15-6-10-21-13(2)17(15)26-3;;/h6-7,10-11,14,20H,4-5,8-9H2,1-3H3,(H,21,22,24);2*1H. The van der Waals surface area contributed by atoms with Crippen molar-refractivity contribution in [3.05, 3.63) is 51.7 Å². The Morgan fingerprint density at radius 2 is 1.93 bits per heavy atom. The van der Waals surface area contributed by atoms with Crippen molar-refractivity contribution in [2.75, 3.05) is 25.5 Å². The molecular formula is C19H26Cl2N4O3. The summed E-state index contributed by atoms with van der Waals surface area (Å²) in [5, 5.41) is 6.09. The van der Waals surface area contributed by atoms with E-state index in [1.165, 1.54) is 7.11 Å². The number of anilines is 1. The molecule has 0 aliphatic carbocycles. The van der Waals surface area contributed by atoms with Gasteiger partial charge in [-0.3, -0.25) is 14.6 Å². The maximum Gasteiger partial charge on any atom is 0.263 e. The first kappa shape index (κ1) is 23.9. The molecule has 0 radical (unpaired) electrons. The molecule has 3 heterocycles. The van der Waals surface area contributed by atoms with Gasteiger partial charge in [-0.1, -0.05) is 0 Å². The molecule has 0 atom stereocenters. The van der Waals surface area contributed by atoms with E-state index in [1.807, 2.05) is 6.07 Å². The molecule has 7 nitrogen and oxygen atoms in total. The van der Waals surface area contributed by atoms with Crippen LogP contribution in [0.2, 0.25) is 0 Å². The van der Waals surface area contributed by atoms with E-state index in [0.717, 1.165) is 25.9 Å². The Morgan fingerprint density at radius 1 is 1.25 bits per heavy atom. The normalized spacial score (nSPS) is 13.8. The number of ether oxygens (including phenoxy) is 1. The molecule has 0 aromatic carbocycles. The summed E-state index contributed by atoms with van der Waals surface area (Å²) < 4.78 is 7.02.